The SMILES string of the molecule is Cc1cc(C)c(N(c2ccc3c(c2)C(C)(C)c2cc(-c4ccccc4)c4oc5ccccc5c4c2-3)c2ccc3c(c2)C(C)(C)c2c4c(c5oc6ccccc6c5c2-3)-c2ccccc2C4(C)C)c(C)c1. The highest BCUT2D eigenvalue weighted by Gasteiger charge is 2.49. The molecule has 69 heavy (non-hydrogen) atoms. The van der Waals surface area contributed by atoms with Crippen LogP contribution in [0.2, 0.25) is 0 Å². The molecule has 0 atom stereocenters. The number of hydrogen-bond donors (Lipinski definition) is 0. The largest absolute Gasteiger partial charge is 0.455 e. The summed E-state index contributed by atoms with van der Waals surface area (Å²) in [5.74, 6) is 0. The minimum Gasteiger partial charge on any atom is -0.455 e. The van der Waals surface area contributed by atoms with Crippen molar-refractivity contribution in [1.82, 2.24) is 0 Å². The zero-order valence-corrected chi connectivity index (χ0v) is 40.8. The van der Waals surface area contributed by atoms with Gasteiger partial charge in [-0.2, -0.15) is 0 Å². The standard InChI is InChI=1S/C66H53NO2/c1-36-31-37(2)61(38(3)32-36)67(40-27-29-43-49(33-40)64(4,5)51-35-47(39-19-11-10-12-20-39)62-56(54(43)51)45-22-14-17-25-52(45)68-62)41-28-30-44-50(34-41)66(8,9)59-55(44)57-46-23-15-18-26-53(46)69-63(57)58-42-21-13-16-24-48(42)65(6,7)60(58)59/h10-35H,1-9H3. The molecule has 334 valence electrons. The van der Waals surface area contributed by atoms with Crippen molar-refractivity contribution in [2.75, 3.05) is 4.90 Å². The molecule has 11 aromatic rings. The highest BCUT2D eigenvalue weighted by atomic mass is 16.3. The minimum atomic E-state index is -0.323. The van der Waals surface area contributed by atoms with Crippen LogP contribution in [-0.4, -0.2) is 0 Å². The summed E-state index contributed by atoms with van der Waals surface area (Å²) in [6.45, 7) is 21.3. The summed E-state index contributed by atoms with van der Waals surface area (Å²) in [5, 5.41) is 4.75. The van der Waals surface area contributed by atoms with Crippen molar-refractivity contribution in [2.45, 2.75) is 78.6 Å². The Morgan fingerprint density at radius 1 is 0.391 bits per heavy atom. The highest BCUT2D eigenvalue weighted by molar-refractivity contribution is 6.21. The molecule has 3 heteroatoms. The summed E-state index contributed by atoms with van der Waals surface area (Å²) in [6, 6.07) is 58.6. The van der Waals surface area contributed by atoms with Gasteiger partial charge in [-0.3, -0.25) is 0 Å². The number of anilines is 3. The van der Waals surface area contributed by atoms with E-state index in [1.807, 2.05) is 0 Å². The number of nitrogens with zero attached hydrogens (tertiary/aromatic N) is 1. The first kappa shape index (κ1) is 40.4. The van der Waals surface area contributed by atoms with E-state index in [9.17, 15) is 0 Å². The molecule has 0 spiro atoms. The predicted molar refractivity (Wildman–Crippen MR) is 288 cm³/mol. The summed E-state index contributed by atoms with van der Waals surface area (Å²) in [7, 11) is 0. The van der Waals surface area contributed by atoms with E-state index in [1.165, 1.54) is 105 Å². The Morgan fingerprint density at radius 3 is 1.57 bits per heavy atom. The first-order valence-corrected chi connectivity index (χ1v) is 24.6. The fourth-order valence-corrected chi connectivity index (χ4v) is 13.6. The molecular formula is C66H53NO2. The fraction of sp³-hybridized carbons (Fsp3) is 0.182. The Morgan fingerprint density at radius 2 is 0.899 bits per heavy atom. The van der Waals surface area contributed by atoms with Crippen molar-refractivity contribution < 1.29 is 8.83 Å². The maximum atomic E-state index is 7.00. The van der Waals surface area contributed by atoms with Gasteiger partial charge in [-0.15, -0.1) is 0 Å². The average molecular weight is 892 g/mol. The number of rotatable bonds is 4. The Kier molecular flexibility index (Phi) is 7.94. The third kappa shape index (κ3) is 5.18. The smallest absolute Gasteiger partial charge is 0.144 e. The molecular weight excluding hydrogens is 839 g/mol. The van der Waals surface area contributed by atoms with Gasteiger partial charge in [0.15, 0.2) is 0 Å². The lowest BCUT2D eigenvalue weighted by atomic mass is 9.72. The zero-order chi connectivity index (χ0) is 47.0. The van der Waals surface area contributed by atoms with Gasteiger partial charge >= 0.3 is 0 Å². The summed E-state index contributed by atoms with van der Waals surface area (Å²) in [6.07, 6.45) is 0. The van der Waals surface area contributed by atoms with Crippen LogP contribution in [0, 0.1) is 20.8 Å². The van der Waals surface area contributed by atoms with E-state index in [4.69, 9.17) is 8.83 Å². The van der Waals surface area contributed by atoms with E-state index in [1.54, 1.807) is 0 Å². The van der Waals surface area contributed by atoms with Crippen LogP contribution >= 0.6 is 0 Å². The maximum absolute atomic E-state index is 7.00. The van der Waals surface area contributed by atoms with Gasteiger partial charge in [0.1, 0.15) is 22.3 Å². The summed E-state index contributed by atoms with van der Waals surface area (Å²) < 4.78 is 13.8. The van der Waals surface area contributed by atoms with Crippen LogP contribution in [0.1, 0.15) is 91.6 Å². The average Bonchev–Trinajstić information content (AvgIpc) is 4.09. The molecule has 0 N–H and O–H groups in total. The van der Waals surface area contributed by atoms with E-state index in [0.29, 0.717) is 0 Å². The van der Waals surface area contributed by atoms with Crippen molar-refractivity contribution in [1.29, 1.82) is 0 Å². The van der Waals surface area contributed by atoms with Crippen molar-refractivity contribution in [2.24, 2.45) is 0 Å². The molecule has 3 aliphatic carbocycles. The van der Waals surface area contributed by atoms with Crippen molar-refractivity contribution in [3.05, 3.63) is 208 Å². The predicted octanol–water partition coefficient (Wildman–Crippen LogP) is 18.5. The Balaban J connectivity index is 1.01. The molecule has 0 fully saturated rings. The van der Waals surface area contributed by atoms with Crippen LogP contribution in [0.15, 0.2) is 167 Å². The second-order valence-electron chi connectivity index (χ2n) is 21.8. The fourth-order valence-electron chi connectivity index (χ4n) is 13.6. The van der Waals surface area contributed by atoms with Crippen LogP contribution in [-0.2, 0) is 16.2 Å². The highest BCUT2D eigenvalue weighted by Crippen LogP contribution is 2.64. The van der Waals surface area contributed by atoms with Gasteiger partial charge in [0.2, 0.25) is 0 Å². The van der Waals surface area contributed by atoms with Gasteiger partial charge in [-0.05, 0) is 141 Å². The van der Waals surface area contributed by atoms with Crippen LogP contribution in [0.5, 0.6) is 0 Å². The number of furan rings is 2. The van der Waals surface area contributed by atoms with E-state index in [0.717, 1.165) is 50.2 Å². The van der Waals surface area contributed by atoms with Crippen molar-refractivity contribution in [3.8, 4) is 44.5 Å². The second-order valence-corrected chi connectivity index (χ2v) is 21.8. The number of para-hydroxylation sites is 2. The molecule has 3 aliphatic rings. The van der Waals surface area contributed by atoms with E-state index in [-0.39, 0.29) is 16.2 Å². The van der Waals surface area contributed by atoms with Gasteiger partial charge in [-0.1, -0.05) is 162 Å². The van der Waals surface area contributed by atoms with Crippen molar-refractivity contribution in [3.63, 3.8) is 0 Å². The van der Waals surface area contributed by atoms with Crippen LogP contribution < -0.4 is 4.90 Å². The van der Waals surface area contributed by atoms with Gasteiger partial charge in [0.25, 0.3) is 0 Å². The molecule has 14 rings (SSSR count). The normalized spacial score (nSPS) is 15.4. The molecule has 9 aromatic carbocycles. The Hall–Kier alpha value is -7.62. The number of benzene rings is 9. The first-order valence-electron chi connectivity index (χ1n) is 24.6. The summed E-state index contributed by atoms with van der Waals surface area (Å²) >= 11 is 0. The van der Waals surface area contributed by atoms with Gasteiger partial charge < -0.3 is 13.7 Å². The van der Waals surface area contributed by atoms with Crippen molar-refractivity contribution >= 4 is 60.9 Å². The van der Waals surface area contributed by atoms with Gasteiger partial charge in [0, 0.05) is 60.3 Å². The van der Waals surface area contributed by atoms with E-state index < -0.39 is 0 Å². The molecule has 3 nitrogen and oxygen atoms in total. The number of aryl methyl sites for hydroxylation is 3. The second kappa shape index (κ2) is 13.5. The molecule has 2 aromatic heterocycles. The van der Waals surface area contributed by atoms with Crippen LogP contribution in [0.3, 0.4) is 0 Å². The Bertz CT molecular complexity index is 4050. The van der Waals surface area contributed by atoms with Crippen LogP contribution in [0.25, 0.3) is 88.4 Å². The molecule has 0 amide bonds. The number of hydrogen-bond acceptors (Lipinski definition) is 3. The topological polar surface area (TPSA) is 29.5 Å². The molecule has 0 aliphatic heterocycles. The zero-order valence-electron chi connectivity index (χ0n) is 40.8. The van der Waals surface area contributed by atoms with E-state index in [2.05, 4.69) is 225 Å². The molecule has 0 unspecified atom stereocenters. The first-order chi connectivity index (χ1) is 33.2. The number of fused-ring (bicyclic) bond motifs is 19. The summed E-state index contributed by atoms with van der Waals surface area (Å²) in [4.78, 5) is 2.55. The third-order valence-electron chi connectivity index (χ3n) is 16.6. The lowest BCUT2D eigenvalue weighted by molar-refractivity contribution is 0.600. The molecule has 0 saturated carbocycles. The Labute approximate surface area is 403 Å². The molecule has 0 bridgehead atoms. The lowest BCUT2D eigenvalue weighted by Crippen LogP contribution is -2.24. The minimum absolute atomic E-state index is 0.224. The van der Waals surface area contributed by atoms with Gasteiger partial charge in [0.05, 0.1) is 5.69 Å². The quantitative estimate of drug-likeness (QED) is 0.176. The molecule has 2 heterocycles. The monoisotopic (exact) mass is 891 g/mol. The molecule has 0 radical (unpaired) electrons. The summed E-state index contributed by atoms with van der Waals surface area (Å²) in [5.41, 5.74) is 28.4. The van der Waals surface area contributed by atoms with Gasteiger partial charge in [-0.25, -0.2) is 0 Å². The lowest BCUT2D eigenvalue weighted by Gasteiger charge is -2.33. The third-order valence-corrected chi connectivity index (χ3v) is 16.6. The molecule has 0 saturated heterocycles. The maximum Gasteiger partial charge on any atom is 0.144 e. The van der Waals surface area contributed by atoms with E-state index >= 15 is 0 Å². The van der Waals surface area contributed by atoms with Crippen LogP contribution in [0.4, 0.5) is 17.1 Å².